The highest BCUT2D eigenvalue weighted by atomic mass is 16.5. The van der Waals surface area contributed by atoms with Crippen LogP contribution in [0.25, 0.3) is 32.3 Å². The zero-order chi connectivity index (χ0) is 30.4. The molecule has 0 radical (unpaired) electrons. The number of hydrogen-bond donors (Lipinski definition) is 0. The van der Waals surface area contributed by atoms with E-state index in [1.807, 2.05) is 0 Å². The van der Waals surface area contributed by atoms with E-state index in [4.69, 9.17) is 9.47 Å². The number of nitrogens with zero attached hydrogens (tertiary/aromatic N) is 2. The maximum absolute atomic E-state index is 6.91. The molecule has 0 amide bonds. The highest BCUT2D eigenvalue weighted by Crippen LogP contribution is 2.59. The van der Waals surface area contributed by atoms with Gasteiger partial charge in [0, 0.05) is 21.8 Å². The molecule has 0 aromatic heterocycles. The number of ether oxygens (including phenoxy) is 2. The predicted molar refractivity (Wildman–Crippen MR) is 193 cm³/mol. The van der Waals surface area contributed by atoms with Crippen molar-refractivity contribution in [3.63, 3.8) is 0 Å². The van der Waals surface area contributed by atoms with Crippen LogP contribution in [0.3, 0.4) is 0 Å². The summed E-state index contributed by atoms with van der Waals surface area (Å²) in [4.78, 5) is 4.96. The van der Waals surface area contributed by atoms with Gasteiger partial charge >= 0.3 is 0 Å². The molecule has 0 N–H and O–H groups in total. The minimum atomic E-state index is -0.0449. The Morgan fingerprint density at radius 3 is 1.49 bits per heavy atom. The molecule has 0 fully saturated rings. The third-order valence-electron chi connectivity index (χ3n) is 10.5. The number of benzene rings is 8. The van der Waals surface area contributed by atoms with Crippen LogP contribution in [0, 0.1) is 0 Å². The quantitative estimate of drug-likeness (QED) is 0.162. The molecule has 4 heterocycles. The zero-order valence-corrected chi connectivity index (χ0v) is 25.1. The van der Waals surface area contributed by atoms with E-state index in [1.54, 1.807) is 0 Å². The van der Waals surface area contributed by atoms with E-state index in [2.05, 4.69) is 149 Å². The van der Waals surface area contributed by atoms with Crippen molar-refractivity contribution in [2.24, 2.45) is 0 Å². The second-order valence-corrected chi connectivity index (χ2v) is 12.9. The molecule has 216 valence electrons. The van der Waals surface area contributed by atoms with Crippen molar-refractivity contribution in [3.8, 4) is 23.0 Å². The summed E-state index contributed by atoms with van der Waals surface area (Å²) in [7, 11) is 0. The van der Waals surface area contributed by atoms with Gasteiger partial charge in [-0.15, -0.1) is 0 Å². The Hall–Kier alpha value is -6.20. The molecule has 4 aliphatic rings. The molecule has 0 saturated heterocycles. The first-order valence-electron chi connectivity index (χ1n) is 16.1. The van der Waals surface area contributed by atoms with Crippen LogP contribution in [-0.2, 0) is 0 Å². The minimum Gasteiger partial charge on any atom is -0.452 e. The molecule has 0 saturated carbocycles. The highest BCUT2D eigenvalue weighted by molar-refractivity contribution is 7.01. The summed E-state index contributed by atoms with van der Waals surface area (Å²) in [5, 5.41) is 7.00. The van der Waals surface area contributed by atoms with E-state index >= 15 is 0 Å². The van der Waals surface area contributed by atoms with Crippen LogP contribution < -0.4 is 35.7 Å². The van der Waals surface area contributed by atoms with Crippen LogP contribution in [-0.4, -0.2) is 6.71 Å². The Morgan fingerprint density at radius 2 is 0.872 bits per heavy atom. The first kappa shape index (κ1) is 24.1. The summed E-state index contributed by atoms with van der Waals surface area (Å²) in [6.07, 6.45) is 0. The normalized spacial score (nSPS) is 14.2. The molecule has 8 aromatic carbocycles. The fraction of sp³-hybridized carbons (Fsp3) is 0. The van der Waals surface area contributed by atoms with Crippen molar-refractivity contribution in [2.45, 2.75) is 0 Å². The van der Waals surface area contributed by atoms with Crippen LogP contribution in [0.2, 0.25) is 0 Å². The summed E-state index contributed by atoms with van der Waals surface area (Å²) in [5.74, 6) is 3.55. The fourth-order valence-corrected chi connectivity index (χ4v) is 8.68. The maximum atomic E-state index is 6.91. The summed E-state index contributed by atoms with van der Waals surface area (Å²) < 4.78 is 13.8. The molecule has 4 nitrogen and oxygen atoms in total. The molecule has 0 bridgehead atoms. The Morgan fingerprint density at radius 1 is 0.404 bits per heavy atom. The molecule has 0 spiro atoms. The van der Waals surface area contributed by atoms with Gasteiger partial charge in [-0.2, -0.15) is 0 Å². The molecule has 8 aromatic rings. The number of rotatable bonds is 0. The second kappa shape index (κ2) is 8.33. The van der Waals surface area contributed by atoms with E-state index < -0.39 is 0 Å². The Labute approximate surface area is 270 Å². The lowest BCUT2D eigenvalue weighted by Gasteiger charge is -2.48. The van der Waals surface area contributed by atoms with E-state index in [1.165, 1.54) is 49.3 Å². The predicted octanol–water partition coefficient (Wildman–Crippen LogP) is 9.44. The largest absolute Gasteiger partial charge is 0.452 e. The SMILES string of the molecule is c1ccc2c(c1)Oc1c3c(cc4ccccc14)B1c4cc5ccccc5c5c4N(c4ccccc4O5)c4c1c(cc1ccccc41)N23. The second-order valence-electron chi connectivity index (χ2n) is 12.9. The van der Waals surface area contributed by atoms with Gasteiger partial charge in [0.1, 0.15) is 0 Å². The lowest BCUT2D eigenvalue weighted by Crippen LogP contribution is -2.62. The maximum Gasteiger partial charge on any atom is 0.252 e. The van der Waals surface area contributed by atoms with Gasteiger partial charge in [0.05, 0.1) is 28.4 Å². The molecule has 0 aliphatic carbocycles. The first-order valence-corrected chi connectivity index (χ1v) is 16.1. The van der Waals surface area contributed by atoms with Crippen molar-refractivity contribution in [1.82, 2.24) is 0 Å². The lowest BCUT2D eigenvalue weighted by molar-refractivity contribution is 0.483. The van der Waals surface area contributed by atoms with E-state index in [-0.39, 0.29) is 6.71 Å². The third-order valence-corrected chi connectivity index (χ3v) is 10.5. The molecule has 5 heteroatoms. The van der Waals surface area contributed by atoms with Crippen LogP contribution >= 0.6 is 0 Å². The van der Waals surface area contributed by atoms with E-state index in [0.29, 0.717) is 0 Å². The lowest BCUT2D eigenvalue weighted by atomic mass is 9.33. The summed E-state index contributed by atoms with van der Waals surface area (Å²) in [6, 6.07) is 50.2. The average molecular weight is 598 g/mol. The van der Waals surface area contributed by atoms with E-state index in [0.717, 1.165) is 56.5 Å². The topological polar surface area (TPSA) is 24.9 Å². The van der Waals surface area contributed by atoms with Gasteiger partial charge in [0.15, 0.2) is 23.0 Å². The summed E-state index contributed by atoms with van der Waals surface area (Å²) in [6.45, 7) is -0.0449. The number of hydrogen-bond acceptors (Lipinski definition) is 4. The molecular weight excluding hydrogens is 575 g/mol. The molecule has 12 rings (SSSR count). The zero-order valence-electron chi connectivity index (χ0n) is 25.1. The summed E-state index contributed by atoms with van der Waals surface area (Å²) in [5.41, 5.74) is 10.5. The number of anilines is 6. The minimum absolute atomic E-state index is 0.0449. The van der Waals surface area contributed by atoms with Crippen LogP contribution in [0.4, 0.5) is 34.1 Å². The highest BCUT2D eigenvalue weighted by Gasteiger charge is 2.49. The van der Waals surface area contributed by atoms with Crippen molar-refractivity contribution in [1.29, 1.82) is 0 Å². The van der Waals surface area contributed by atoms with Crippen molar-refractivity contribution < 1.29 is 9.47 Å². The Balaban J connectivity index is 1.33. The Kier molecular flexibility index (Phi) is 4.27. The number of fused-ring (bicyclic) bond motifs is 14. The van der Waals surface area contributed by atoms with E-state index in [9.17, 15) is 0 Å². The molecule has 0 unspecified atom stereocenters. The monoisotopic (exact) mass is 598 g/mol. The van der Waals surface area contributed by atoms with Gasteiger partial charge in [0.25, 0.3) is 6.71 Å². The van der Waals surface area contributed by atoms with Crippen LogP contribution in [0.1, 0.15) is 0 Å². The van der Waals surface area contributed by atoms with Gasteiger partial charge in [-0.3, -0.25) is 0 Å². The van der Waals surface area contributed by atoms with Gasteiger partial charge < -0.3 is 19.3 Å². The van der Waals surface area contributed by atoms with Crippen LogP contribution in [0.15, 0.2) is 140 Å². The smallest absolute Gasteiger partial charge is 0.252 e. The summed E-state index contributed by atoms with van der Waals surface area (Å²) >= 11 is 0. The van der Waals surface area contributed by atoms with Gasteiger partial charge in [0.2, 0.25) is 0 Å². The Bertz CT molecular complexity index is 2720. The van der Waals surface area contributed by atoms with Crippen molar-refractivity contribution >= 4 is 89.5 Å². The van der Waals surface area contributed by atoms with Crippen molar-refractivity contribution in [2.75, 3.05) is 9.80 Å². The van der Waals surface area contributed by atoms with Gasteiger partial charge in [-0.05, 0) is 62.9 Å². The molecule has 4 aliphatic heterocycles. The molecule has 47 heavy (non-hydrogen) atoms. The van der Waals surface area contributed by atoms with Gasteiger partial charge in [-0.1, -0.05) is 109 Å². The average Bonchev–Trinajstić information content (AvgIpc) is 3.13. The standard InChI is InChI=1S/C42H23BN2O2/c1-4-14-27-26(13-1)23-34-37-38(27)45-33-18-8-10-20-36(33)47-42-29-16-6-3-12-25(29)22-31(40(42)45)43(37)30-21-24-11-2-5-15-28(24)41-39(30)44(34)32-17-7-9-19-35(32)46-41/h1-23H. The molecule has 0 atom stereocenters. The first-order chi connectivity index (χ1) is 23.3. The third kappa shape index (κ3) is 2.87. The van der Waals surface area contributed by atoms with Crippen LogP contribution in [0.5, 0.6) is 23.0 Å². The van der Waals surface area contributed by atoms with Crippen molar-refractivity contribution in [3.05, 3.63) is 140 Å². The van der Waals surface area contributed by atoms with Gasteiger partial charge in [-0.25, -0.2) is 0 Å². The molecular formula is C42H23BN2O2. The number of para-hydroxylation sites is 4. The fourth-order valence-electron chi connectivity index (χ4n) is 8.68.